The van der Waals surface area contributed by atoms with Crippen LogP contribution in [0, 0.1) is 11.8 Å². The van der Waals surface area contributed by atoms with Crippen LogP contribution in [-0.4, -0.2) is 25.9 Å². The van der Waals surface area contributed by atoms with Gasteiger partial charge in [0.1, 0.15) is 11.5 Å². The summed E-state index contributed by atoms with van der Waals surface area (Å²) in [6.07, 6.45) is 5.60. The highest BCUT2D eigenvalue weighted by molar-refractivity contribution is 7.98. The van der Waals surface area contributed by atoms with Crippen molar-refractivity contribution < 1.29 is 4.74 Å². The molecule has 1 saturated carbocycles. The van der Waals surface area contributed by atoms with Gasteiger partial charge in [0.05, 0.1) is 0 Å². The first-order valence-corrected chi connectivity index (χ1v) is 10.3. The summed E-state index contributed by atoms with van der Waals surface area (Å²) in [5, 5.41) is 6.69. The van der Waals surface area contributed by atoms with Crippen LogP contribution in [0.4, 0.5) is 0 Å². The highest BCUT2D eigenvalue weighted by Gasteiger charge is 2.19. The molecule has 3 rings (SSSR count). The van der Waals surface area contributed by atoms with Crippen LogP contribution in [0.5, 0.6) is 11.5 Å². The third-order valence-corrected chi connectivity index (χ3v) is 4.95. The molecule has 0 amide bonds. The third-order valence-electron chi connectivity index (χ3n) is 4.21. The molecule has 0 bridgehead atoms. The van der Waals surface area contributed by atoms with E-state index in [1.807, 2.05) is 31.3 Å². The molecule has 2 aromatic carbocycles. The molecule has 0 radical (unpaired) electrons. The Bertz CT molecular complexity index is 773. The minimum atomic E-state index is 0.747. The smallest absolute Gasteiger partial charge is 0.132 e. The number of ether oxygens (including phenoxy) is 1. The molecule has 4 heteroatoms. The second kappa shape index (κ2) is 9.68. The van der Waals surface area contributed by atoms with Crippen molar-refractivity contribution in [1.29, 1.82) is 0 Å². The quantitative estimate of drug-likeness (QED) is 0.412. The fourth-order valence-corrected chi connectivity index (χ4v) is 3.06. The first-order chi connectivity index (χ1) is 12.8. The molecule has 1 aliphatic rings. The van der Waals surface area contributed by atoms with Gasteiger partial charge in [0.2, 0.25) is 0 Å². The lowest BCUT2D eigenvalue weighted by molar-refractivity contribution is 0.474. The van der Waals surface area contributed by atoms with E-state index in [0.717, 1.165) is 48.2 Å². The summed E-state index contributed by atoms with van der Waals surface area (Å²) in [4.78, 5) is 1.23. The molecule has 0 saturated heterocycles. The van der Waals surface area contributed by atoms with Crippen molar-refractivity contribution >= 4 is 11.8 Å². The Morgan fingerprint density at radius 2 is 1.96 bits per heavy atom. The highest BCUT2D eigenvalue weighted by atomic mass is 32.2. The van der Waals surface area contributed by atoms with Gasteiger partial charge < -0.3 is 15.4 Å². The summed E-state index contributed by atoms with van der Waals surface area (Å²) < 4.78 is 6.09. The molecule has 0 atom stereocenters. The zero-order valence-electron chi connectivity index (χ0n) is 15.5. The average molecular weight is 367 g/mol. The van der Waals surface area contributed by atoms with Crippen LogP contribution < -0.4 is 15.4 Å². The number of hydrogen-bond donors (Lipinski definition) is 2. The predicted octanol–water partition coefficient (Wildman–Crippen LogP) is 4.41. The van der Waals surface area contributed by atoms with E-state index in [4.69, 9.17) is 4.74 Å². The van der Waals surface area contributed by atoms with E-state index in [1.54, 1.807) is 11.8 Å². The fraction of sp³-hybridized carbons (Fsp3) is 0.364. The molecule has 0 heterocycles. The third kappa shape index (κ3) is 5.81. The minimum absolute atomic E-state index is 0.747. The molecular weight excluding hydrogens is 340 g/mol. The van der Waals surface area contributed by atoms with E-state index >= 15 is 0 Å². The summed E-state index contributed by atoms with van der Waals surface area (Å²) in [5.74, 6) is 8.25. The fourth-order valence-electron chi connectivity index (χ4n) is 2.65. The first kappa shape index (κ1) is 18.8. The number of nitrogens with one attached hydrogen (secondary N) is 2. The van der Waals surface area contributed by atoms with Crippen LogP contribution in [0.15, 0.2) is 47.4 Å². The van der Waals surface area contributed by atoms with Crippen LogP contribution in [0.2, 0.25) is 0 Å². The molecular formula is C22H26N2OS. The lowest BCUT2D eigenvalue weighted by Crippen LogP contribution is -2.16. The first-order valence-electron chi connectivity index (χ1n) is 9.10. The standard InChI is InChI=1S/C22H26N2OS/c1-23-16-18-15-17(5-3-4-14-24-19-7-8-19)6-13-22(18)25-20-9-11-21(26-2)12-10-20/h6,9-13,15,19,23-24H,4,7-8,14,16H2,1-2H3. The van der Waals surface area contributed by atoms with E-state index in [1.165, 1.54) is 17.7 Å². The van der Waals surface area contributed by atoms with Crippen molar-refractivity contribution in [3.8, 4) is 23.3 Å². The maximum atomic E-state index is 6.09. The zero-order chi connectivity index (χ0) is 18.2. The molecule has 136 valence electrons. The Morgan fingerprint density at radius 1 is 1.15 bits per heavy atom. The number of hydrogen-bond acceptors (Lipinski definition) is 4. The molecule has 0 aliphatic heterocycles. The van der Waals surface area contributed by atoms with Crippen molar-refractivity contribution in [2.75, 3.05) is 19.8 Å². The zero-order valence-corrected chi connectivity index (χ0v) is 16.3. The predicted molar refractivity (Wildman–Crippen MR) is 110 cm³/mol. The van der Waals surface area contributed by atoms with Gasteiger partial charge >= 0.3 is 0 Å². The van der Waals surface area contributed by atoms with Crippen molar-refractivity contribution in [1.82, 2.24) is 10.6 Å². The van der Waals surface area contributed by atoms with Gasteiger partial charge in [0, 0.05) is 41.6 Å². The molecule has 1 fully saturated rings. The molecule has 1 aliphatic carbocycles. The Kier molecular flexibility index (Phi) is 7.02. The van der Waals surface area contributed by atoms with E-state index in [9.17, 15) is 0 Å². The Hall–Kier alpha value is -1.93. The Balaban J connectivity index is 1.65. The Labute approximate surface area is 160 Å². The topological polar surface area (TPSA) is 33.3 Å². The summed E-state index contributed by atoms with van der Waals surface area (Å²) in [5.41, 5.74) is 2.15. The average Bonchev–Trinajstić information content (AvgIpc) is 3.48. The summed E-state index contributed by atoms with van der Waals surface area (Å²) >= 11 is 1.73. The van der Waals surface area contributed by atoms with Gasteiger partial charge in [-0.1, -0.05) is 11.8 Å². The number of thioether (sulfide) groups is 1. The van der Waals surface area contributed by atoms with Crippen LogP contribution in [0.25, 0.3) is 0 Å². The van der Waals surface area contributed by atoms with Gasteiger partial charge in [-0.2, -0.15) is 0 Å². The summed E-state index contributed by atoms with van der Waals surface area (Å²) in [6.45, 7) is 1.73. The molecule has 0 spiro atoms. The lowest BCUT2D eigenvalue weighted by atomic mass is 10.1. The molecule has 2 aromatic rings. The maximum absolute atomic E-state index is 6.09. The van der Waals surface area contributed by atoms with Gasteiger partial charge in [-0.05, 0) is 68.6 Å². The number of rotatable bonds is 8. The maximum Gasteiger partial charge on any atom is 0.132 e. The van der Waals surface area contributed by atoms with Crippen molar-refractivity contribution in [3.63, 3.8) is 0 Å². The molecule has 0 aromatic heterocycles. The monoisotopic (exact) mass is 366 g/mol. The Morgan fingerprint density at radius 3 is 2.65 bits per heavy atom. The summed E-state index contributed by atoms with van der Waals surface area (Å²) in [7, 11) is 1.94. The van der Waals surface area contributed by atoms with Crippen LogP contribution in [0.3, 0.4) is 0 Å². The van der Waals surface area contributed by atoms with E-state index < -0.39 is 0 Å². The SMILES string of the molecule is CNCc1cc(C#CCCNC2CC2)ccc1Oc1ccc(SC)cc1. The molecule has 26 heavy (non-hydrogen) atoms. The van der Waals surface area contributed by atoms with Crippen molar-refractivity contribution in [3.05, 3.63) is 53.6 Å². The van der Waals surface area contributed by atoms with E-state index in [0.29, 0.717) is 0 Å². The van der Waals surface area contributed by atoms with Gasteiger partial charge in [-0.15, -0.1) is 11.8 Å². The lowest BCUT2D eigenvalue weighted by Gasteiger charge is -2.12. The van der Waals surface area contributed by atoms with Crippen LogP contribution in [0.1, 0.15) is 30.4 Å². The van der Waals surface area contributed by atoms with Gasteiger partial charge in [0.15, 0.2) is 0 Å². The second-order valence-electron chi connectivity index (χ2n) is 6.41. The highest BCUT2D eigenvalue weighted by Crippen LogP contribution is 2.28. The van der Waals surface area contributed by atoms with Gasteiger partial charge in [0.25, 0.3) is 0 Å². The van der Waals surface area contributed by atoms with E-state index in [2.05, 4.69) is 46.9 Å². The minimum Gasteiger partial charge on any atom is -0.457 e. The van der Waals surface area contributed by atoms with Crippen LogP contribution in [-0.2, 0) is 6.54 Å². The van der Waals surface area contributed by atoms with Gasteiger partial charge in [-0.25, -0.2) is 0 Å². The normalized spacial score (nSPS) is 13.2. The molecule has 3 nitrogen and oxygen atoms in total. The van der Waals surface area contributed by atoms with Crippen molar-refractivity contribution in [2.24, 2.45) is 0 Å². The second-order valence-corrected chi connectivity index (χ2v) is 7.29. The molecule has 0 unspecified atom stereocenters. The number of benzene rings is 2. The largest absolute Gasteiger partial charge is 0.457 e. The van der Waals surface area contributed by atoms with Crippen molar-refractivity contribution in [2.45, 2.75) is 36.7 Å². The van der Waals surface area contributed by atoms with E-state index in [-0.39, 0.29) is 0 Å². The molecule has 2 N–H and O–H groups in total. The van der Waals surface area contributed by atoms with Gasteiger partial charge in [-0.3, -0.25) is 0 Å². The van der Waals surface area contributed by atoms with Crippen LogP contribution >= 0.6 is 11.8 Å². The summed E-state index contributed by atoms with van der Waals surface area (Å²) in [6, 6.07) is 15.1.